The minimum atomic E-state index is -0.295. The summed E-state index contributed by atoms with van der Waals surface area (Å²) in [5, 5.41) is 11.4. The molecule has 4 aromatic rings. The smallest absolute Gasteiger partial charge is 0.274 e. The van der Waals surface area contributed by atoms with Crippen molar-refractivity contribution in [2.75, 3.05) is 7.11 Å². The Hall–Kier alpha value is -4.00. The van der Waals surface area contributed by atoms with Gasteiger partial charge in [0, 0.05) is 30.6 Å². The maximum atomic E-state index is 13.0. The highest BCUT2D eigenvalue weighted by Gasteiger charge is 2.22. The molecule has 2 aromatic heterocycles. The average Bonchev–Trinajstić information content (AvgIpc) is 3.24. The van der Waals surface area contributed by atoms with Gasteiger partial charge in [-0.2, -0.15) is 0 Å². The molecule has 1 N–H and O–H groups in total. The number of amides is 1. The maximum absolute atomic E-state index is 13.0. The molecular formula is C23H21N5O2. The summed E-state index contributed by atoms with van der Waals surface area (Å²) >= 11 is 0. The number of aryl methyl sites for hydroxylation is 1. The first kappa shape index (κ1) is 19.3. The summed E-state index contributed by atoms with van der Waals surface area (Å²) < 4.78 is 6.96. The van der Waals surface area contributed by atoms with Gasteiger partial charge >= 0.3 is 0 Å². The molecule has 0 saturated heterocycles. The van der Waals surface area contributed by atoms with E-state index in [2.05, 4.69) is 20.6 Å². The van der Waals surface area contributed by atoms with Crippen LogP contribution in [0.25, 0.3) is 16.9 Å². The van der Waals surface area contributed by atoms with Crippen molar-refractivity contribution in [3.63, 3.8) is 0 Å². The quantitative estimate of drug-likeness (QED) is 0.536. The number of rotatable bonds is 6. The van der Waals surface area contributed by atoms with E-state index in [1.165, 1.54) is 5.56 Å². The van der Waals surface area contributed by atoms with Crippen molar-refractivity contribution in [2.45, 2.75) is 13.5 Å². The minimum absolute atomic E-state index is 0.246. The van der Waals surface area contributed by atoms with E-state index in [9.17, 15) is 4.79 Å². The van der Waals surface area contributed by atoms with Gasteiger partial charge in [0.25, 0.3) is 5.91 Å². The van der Waals surface area contributed by atoms with Crippen LogP contribution in [0.2, 0.25) is 0 Å². The van der Waals surface area contributed by atoms with Gasteiger partial charge < -0.3 is 10.1 Å². The van der Waals surface area contributed by atoms with Gasteiger partial charge in [0.15, 0.2) is 5.69 Å². The van der Waals surface area contributed by atoms with Crippen molar-refractivity contribution in [1.82, 2.24) is 25.3 Å². The molecule has 0 radical (unpaired) electrons. The number of carbonyl (C=O) groups excluding carboxylic acids is 1. The number of hydrogen-bond donors (Lipinski definition) is 1. The molecule has 0 aliphatic heterocycles. The van der Waals surface area contributed by atoms with Crippen LogP contribution in [-0.4, -0.2) is 33.0 Å². The third-order valence-electron chi connectivity index (χ3n) is 4.71. The monoisotopic (exact) mass is 399 g/mol. The number of nitrogens with zero attached hydrogens (tertiary/aromatic N) is 4. The number of pyridine rings is 1. The van der Waals surface area contributed by atoms with Crippen LogP contribution in [0.15, 0.2) is 73.1 Å². The number of hydrogen-bond acceptors (Lipinski definition) is 5. The summed E-state index contributed by atoms with van der Waals surface area (Å²) in [7, 11) is 1.61. The lowest BCUT2D eigenvalue weighted by atomic mass is 10.1. The lowest BCUT2D eigenvalue weighted by molar-refractivity contribution is 0.0946. The summed E-state index contributed by atoms with van der Waals surface area (Å²) in [6.45, 7) is 2.43. The second kappa shape index (κ2) is 8.57. The largest absolute Gasteiger partial charge is 0.497 e. The van der Waals surface area contributed by atoms with Gasteiger partial charge in [-0.1, -0.05) is 41.1 Å². The van der Waals surface area contributed by atoms with E-state index in [0.717, 1.165) is 16.8 Å². The van der Waals surface area contributed by atoms with E-state index >= 15 is 0 Å². The van der Waals surface area contributed by atoms with E-state index < -0.39 is 0 Å². The third kappa shape index (κ3) is 4.05. The molecule has 0 atom stereocenters. The Morgan fingerprint density at radius 3 is 2.57 bits per heavy atom. The fourth-order valence-corrected chi connectivity index (χ4v) is 3.10. The first-order valence-corrected chi connectivity index (χ1v) is 9.50. The van der Waals surface area contributed by atoms with E-state index in [-0.39, 0.29) is 11.6 Å². The number of carbonyl (C=O) groups is 1. The van der Waals surface area contributed by atoms with E-state index in [1.807, 2.05) is 67.6 Å². The zero-order valence-corrected chi connectivity index (χ0v) is 16.7. The molecule has 0 spiro atoms. The van der Waals surface area contributed by atoms with Gasteiger partial charge in [-0.15, -0.1) is 5.10 Å². The minimum Gasteiger partial charge on any atom is -0.497 e. The number of ether oxygens (including phenoxy) is 1. The summed E-state index contributed by atoms with van der Waals surface area (Å²) in [6, 6.07) is 19.1. The topological polar surface area (TPSA) is 81.9 Å². The van der Waals surface area contributed by atoms with Crippen molar-refractivity contribution in [3.05, 3.63) is 89.9 Å². The van der Waals surface area contributed by atoms with Crippen LogP contribution in [0.3, 0.4) is 0 Å². The zero-order chi connectivity index (χ0) is 20.9. The van der Waals surface area contributed by atoms with Crippen molar-refractivity contribution >= 4 is 5.91 Å². The first-order valence-electron chi connectivity index (χ1n) is 9.50. The third-order valence-corrected chi connectivity index (χ3v) is 4.71. The molecule has 4 rings (SSSR count). The maximum Gasteiger partial charge on any atom is 0.274 e. The molecule has 0 aliphatic rings. The van der Waals surface area contributed by atoms with Gasteiger partial charge in [-0.05, 0) is 36.8 Å². The Kier molecular flexibility index (Phi) is 5.52. The number of benzene rings is 2. The van der Waals surface area contributed by atoms with Gasteiger partial charge in [-0.25, -0.2) is 4.68 Å². The second-order valence-electron chi connectivity index (χ2n) is 6.80. The fourth-order valence-electron chi connectivity index (χ4n) is 3.10. The lowest BCUT2D eigenvalue weighted by Gasteiger charge is -2.10. The number of nitrogens with one attached hydrogen (secondary N) is 1. The Morgan fingerprint density at radius 2 is 1.83 bits per heavy atom. The first-order chi connectivity index (χ1) is 14.7. The predicted molar refractivity (Wildman–Crippen MR) is 113 cm³/mol. The Bertz CT molecular complexity index is 1150. The highest BCUT2D eigenvalue weighted by atomic mass is 16.5. The van der Waals surface area contributed by atoms with Crippen LogP contribution < -0.4 is 10.1 Å². The molecule has 0 bridgehead atoms. The highest BCUT2D eigenvalue weighted by Crippen LogP contribution is 2.26. The van der Waals surface area contributed by atoms with E-state index in [1.54, 1.807) is 24.2 Å². The SMILES string of the molecule is COc1cccc(-n2nnc(C(=O)NCc3ccc(C)cc3)c2-c2ccncc2)c1. The van der Waals surface area contributed by atoms with Crippen LogP contribution in [0, 0.1) is 6.92 Å². The van der Waals surface area contributed by atoms with Crippen LogP contribution in [0.1, 0.15) is 21.6 Å². The fraction of sp³-hybridized carbons (Fsp3) is 0.130. The average molecular weight is 399 g/mol. The summed E-state index contributed by atoms with van der Waals surface area (Å²) in [6.07, 6.45) is 3.35. The van der Waals surface area contributed by atoms with Gasteiger partial charge in [-0.3, -0.25) is 9.78 Å². The number of aromatic nitrogens is 4. The molecule has 150 valence electrons. The summed E-state index contributed by atoms with van der Waals surface area (Å²) in [5.41, 5.74) is 4.55. The highest BCUT2D eigenvalue weighted by molar-refractivity contribution is 5.98. The molecule has 2 heterocycles. The Balaban J connectivity index is 1.69. The predicted octanol–water partition coefficient (Wildman–Crippen LogP) is 3.58. The van der Waals surface area contributed by atoms with Crippen molar-refractivity contribution in [2.24, 2.45) is 0 Å². The van der Waals surface area contributed by atoms with Crippen LogP contribution in [0.5, 0.6) is 5.75 Å². The molecule has 1 amide bonds. The van der Waals surface area contributed by atoms with Gasteiger partial charge in [0.1, 0.15) is 11.4 Å². The van der Waals surface area contributed by atoms with E-state index in [4.69, 9.17) is 4.74 Å². The molecule has 2 aromatic carbocycles. The molecule has 0 saturated carbocycles. The zero-order valence-electron chi connectivity index (χ0n) is 16.7. The number of methoxy groups -OCH3 is 1. The molecular weight excluding hydrogens is 378 g/mol. The standard InChI is InChI=1S/C23H21N5O2/c1-16-6-8-17(9-7-16)15-25-23(29)21-22(18-10-12-24-13-11-18)28(27-26-21)19-4-3-5-20(14-19)30-2/h3-14H,15H2,1-2H3,(H,25,29). The second-order valence-corrected chi connectivity index (χ2v) is 6.80. The normalized spacial score (nSPS) is 10.6. The molecule has 30 heavy (non-hydrogen) atoms. The van der Waals surface area contributed by atoms with Crippen molar-refractivity contribution < 1.29 is 9.53 Å². The molecule has 7 heteroatoms. The summed E-state index contributed by atoms with van der Waals surface area (Å²) in [5.74, 6) is 0.394. The Morgan fingerprint density at radius 1 is 1.07 bits per heavy atom. The van der Waals surface area contributed by atoms with Gasteiger partial charge in [0.2, 0.25) is 0 Å². The molecule has 7 nitrogen and oxygen atoms in total. The molecule has 0 aliphatic carbocycles. The molecule has 0 unspecified atom stereocenters. The Labute approximate surface area is 174 Å². The summed E-state index contributed by atoms with van der Waals surface area (Å²) in [4.78, 5) is 17.1. The van der Waals surface area contributed by atoms with Crippen LogP contribution in [0.4, 0.5) is 0 Å². The van der Waals surface area contributed by atoms with Gasteiger partial charge in [0.05, 0.1) is 12.8 Å². The van der Waals surface area contributed by atoms with Crippen molar-refractivity contribution in [1.29, 1.82) is 0 Å². The van der Waals surface area contributed by atoms with Crippen molar-refractivity contribution in [3.8, 4) is 22.7 Å². The van der Waals surface area contributed by atoms with Crippen LogP contribution >= 0.6 is 0 Å². The van der Waals surface area contributed by atoms with Crippen LogP contribution in [-0.2, 0) is 6.54 Å². The molecule has 0 fully saturated rings. The lowest BCUT2D eigenvalue weighted by Crippen LogP contribution is -2.24. The van der Waals surface area contributed by atoms with E-state index in [0.29, 0.717) is 18.0 Å².